The monoisotopic (exact) mass is 284 g/mol. The van der Waals surface area contributed by atoms with E-state index in [2.05, 4.69) is 13.8 Å². The minimum Gasteiger partial charge on any atom is -0.491 e. The Morgan fingerprint density at radius 1 is 1.16 bits per heavy atom. The summed E-state index contributed by atoms with van der Waals surface area (Å²) in [5, 5.41) is 0. The van der Waals surface area contributed by atoms with Crippen molar-refractivity contribution in [3.05, 3.63) is 30.3 Å². The van der Waals surface area contributed by atoms with Gasteiger partial charge in [0.1, 0.15) is 19.5 Å². The summed E-state index contributed by atoms with van der Waals surface area (Å²) in [6.45, 7) is 8.30. The second-order valence-corrected chi connectivity index (χ2v) is 9.15. The first-order valence-corrected chi connectivity index (χ1v) is 9.49. The van der Waals surface area contributed by atoms with Gasteiger partial charge in [-0.3, -0.25) is 0 Å². The second-order valence-electron chi connectivity index (χ2n) is 5.75. The first kappa shape index (κ1) is 16.3. The molecule has 0 aliphatic carbocycles. The molecular formula is C15H25O3P. The molecule has 0 spiro atoms. The molecule has 108 valence electrons. The molecule has 1 aromatic carbocycles. The van der Waals surface area contributed by atoms with E-state index < -0.39 is 7.14 Å². The summed E-state index contributed by atoms with van der Waals surface area (Å²) in [5.74, 6) is 1.37. The SMILES string of the molecule is CC(C)CC(COc1ccccc1)OCP(C)(C)=O. The summed E-state index contributed by atoms with van der Waals surface area (Å²) < 4.78 is 23.2. The Balaban J connectivity index is 2.47. The van der Waals surface area contributed by atoms with Crippen LogP contribution in [0.2, 0.25) is 0 Å². The Labute approximate surface area is 116 Å². The maximum absolute atomic E-state index is 11.7. The molecule has 0 aliphatic rings. The Bertz CT molecular complexity index is 397. The summed E-state index contributed by atoms with van der Waals surface area (Å²) >= 11 is 0. The van der Waals surface area contributed by atoms with Crippen molar-refractivity contribution in [3.8, 4) is 5.75 Å². The van der Waals surface area contributed by atoms with Gasteiger partial charge in [-0.15, -0.1) is 0 Å². The molecule has 1 aromatic rings. The van der Waals surface area contributed by atoms with Gasteiger partial charge in [0.05, 0.1) is 12.5 Å². The van der Waals surface area contributed by atoms with Crippen LogP contribution in [0.1, 0.15) is 20.3 Å². The van der Waals surface area contributed by atoms with Crippen LogP contribution in [0, 0.1) is 5.92 Å². The highest BCUT2D eigenvalue weighted by Gasteiger charge is 2.16. The lowest BCUT2D eigenvalue weighted by atomic mass is 10.1. The van der Waals surface area contributed by atoms with Crippen LogP contribution in [0.3, 0.4) is 0 Å². The van der Waals surface area contributed by atoms with E-state index >= 15 is 0 Å². The Morgan fingerprint density at radius 3 is 2.32 bits per heavy atom. The summed E-state index contributed by atoms with van der Waals surface area (Å²) in [6, 6.07) is 9.70. The van der Waals surface area contributed by atoms with E-state index in [4.69, 9.17) is 9.47 Å². The van der Waals surface area contributed by atoms with Crippen molar-refractivity contribution in [2.45, 2.75) is 26.4 Å². The minimum absolute atomic E-state index is 0.00608. The van der Waals surface area contributed by atoms with E-state index in [9.17, 15) is 4.57 Å². The van der Waals surface area contributed by atoms with Crippen LogP contribution in [0.5, 0.6) is 5.75 Å². The van der Waals surface area contributed by atoms with Crippen molar-refractivity contribution in [1.82, 2.24) is 0 Å². The zero-order valence-electron chi connectivity index (χ0n) is 12.3. The molecule has 3 nitrogen and oxygen atoms in total. The lowest BCUT2D eigenvalue weighted by molar-refractivity contribution is 0.0315. The first-order valence-electron chi connectivity index (χ1n) is 6.70. The average molecular weight is 284 g/mol. The topological polar surface area (TPSA) is 35.5 Å². The Morgan fingerprint density at radius 2 is 1.79 bits per heavy atom. The molecule has 0 fully saturated rings. The molecule has 0 saturated carbocycles. The van der Waals surface area contributed by atoms with Crippen LogP contribution in [0.4, 0.5) is 0 Å². The van der Waals surface area contributed by atoms with Crippen LogP contribution in [0.15, 0.2) is 30.3 Å². The molecule has 0 aromatic heterocycles. The van der Waals surface area contributed by atoms with Gasteiger partial charge in [-0.2, -0.15) is 0 Å². The van der Waals surface area contributed by atoms with E-state index in [1.165, 1.54) is 0 Å². The molecule has 1 unspecified atom stereocenters. The molecule has 0 heterocycles. The van der Waals surface area contributed by atoms with Gasteiger partial charge in [0, 0.05) is 0 Å². The fourth-order valence-corrected chi connectivity index (χ4v) is 2.27. The minimum atomic E-state index is -2.14. The zero-order chi connectivity index (χ0) is 14.3. The van der Waals surface area contributed by atoms with Crippen LogP contribution < -0.4 is 4.74 Å². The molecule has 0 bridgehead atoms. The van der Waals surface area contributed by atoms with E-state index in [0.29, 0.717) is 18.9 Å². The fraction of sp³-hybridized carbons (Fsp3) is 0.600. The molecule has 1 rings (SSSR count). The quantitative estimate of drug-likeness (QED) is 0.675. The number of rotatable bonds is 8. The van der Waals surface area contributed by atoms with Gasteiger partial charge in [-0.1, -0.05) is 32.0 Å². The molecule has 0 aliphatic heterocycles. The number of benzene rings is 1. The van der Waals surface area contributed by atoms with Gasteiger partial charge in [-0.05, 0) is 37.8 Å². The van der Waals surface area contributed by atoms with Crippen molar-refractivity contribution in [1.29, 1.82) is 0 Å². The predicted octanol–water partition coefficient (Wildman–Crippen LogP) is 4.08. The predicted molar refractivity (Wildman–Crippen MR) is 80.6 cm³/mol. The van der Waals surface area contributed by atoms with Gasteiger partial charge in [0.25, 0.3) is 0 Å². The third-order valence-corrected chi connectivity index (χ3v) is 3.31. The smallest absolute Gasteiger partial charge is 0.119 e. The molecule has 1 atom stereocenters. The van der Waals surface area contributed by atoms with Gasteiger partial charge in [-0.25, -0.2) is 0 Å². The van der Waals surface area contributed by atoms with Gasteiger partial charge >= 0.3 is 0 Å². The van der Waals surface area contributed by atoms with Crippen molar-refractivity contribution >= 4 is 7.14 Å². The first-order chi connectivity index (χ1) is 8.87. The zero-order valence-corrected chi connectivity index (χ0v) is 13.2. The second kappa shape index (κ2) is 7.72. The molecular weight excluding hydrogens is 259 g/mol. The van der Waals surface area contributed by atoms with Gasteiger partial charge < -0.3 is 14.0 Å². The van der Waals surface area contributed by atoms with Crippen molar-refractivity contribution in [2.75, 3.05) is 26.3 Å². The highest BCUT2D eigenvalue weighted by molar-refractivity contribution is 7.62. The van der Waals surface area contributed by atoms with E-state index in [0.717, 1.165) is 12.2 Å². The van der Waals surface area contributed by atoms with Crippen LogP contribution >= 0.6 is 7.14 Å². The van der Waals surface area contributed by atoms with Crippen molar-refractivity contribution < 1.29 is 14.0 Å². The van der Waals surface area contributed by atoms with Crippen molar-refractivity contribution in [3.63, 3.8) is 0 Å². The molecule has 0 N–H and O–H groups in total. The Hall–Kier alpha value is -0.790. The fourth-order valence-electron chi connectivity index (χ4n) is 1.70. The van der Waals surface area contributed by atoms with Crippen LogP contribution in [-0.2, 0) is 9.30 Å². The third-order valence-electron chi connectivity index (χ3n) is 2.53. The largest absolute Gasteiger partial charge is 0.491 e. The normalized spacial score (nSPS) is 13.5. The summed E-state index contributed by atoms with van der Waals surface area (Å²) in [5.41, 5.74) is 0. The molecule has 0 amide bonds. The maximum atomic E-state index is 11.7. The van der Waals surface area contributed by atoms with Gasteiger partial charge in [0.15, 0.2) is 0 Å². The molecule has 0 saturated heterocycles. The Kier molecular flexibility index (Phi) is 6.60. The lowest BCUT2D eigenvalue weighted by Gasteiger charge is -2.21. The molecule has 19 heavy (non-hydrogen) atoms. The number of hydrogen-bond donors (Lipinski definition) is 0. The van der Waals surface area contributed by atoms with E-state index in [-0.39, 0.29) is 6.10 Å². The summed E-state index contributed by atoms with van der Waals surface area (Å²) in [7, 11) is -2.14. The average Bonchev–Trinajstić information content (AvgIpc) is 2.32. The number of hydrogen-bond acceptors (Lipinski definition) is 3. The standard InChI is InChI=1S/C15H25O3P/c1-13(2)10-15(18-12-19(3,4)16)11-17-14-8-6-5-7-9-14/h5-9,13,15H,10-12H2,1-4H3. The van der Waals surface area contributed by atoms with E-state index in [1.54, 1.807) is 13.3 Å². The van der Waals surface area contributed by atoms with E-state index in [1.807, 2.05) is 30.3 Å². The summed E-state index contributed by atoms with van der Waals surface area (Å²) in [6.07, 6.45) is 1.23. The highest BCUT2D eigenvalue weighted by Crippen LogP contribution is 2.36. The van der Waals surface area contributed by atoms with Crippen molar-refractivity contribution in [2.24, 2.45) is 5.92 Å². The maximum Gasteiger partial charge on any atom is 0.119 e. The number of para-hydroxylation sites is 1. The lowest BCUT2D eigenvalue weighted by Crippen LogP contribution is -2.24. The van der Waals surface area contributed by atoms with Gasteiger partial charge in [0.2, 0.25) is 0 Å². The molecule has 4 heteroatoms. The van der Waals surface area contributed by atoms with Crippen LogP contribution in [-0.4, -0.2) is 32.4 Å². The summed E-state index contributed by atoms with van der Waals surface area (Å²) in [4.78, 5) is 0. The van der Waals surface area contributed by atoms with Crippen LogP contribution in [0.25, 0.3) is 0 Å². The highest BCUT2D eigenvalue weighted by atomic mass is 31.2. The third kappa shape index (κ3) is 8.07. The number of ether oxygens (including phenoxy) is 2. The molecule has 0 radical (unpaired) electrons.